The number of fused-ring (bicyclic) bond motifs is 15. The van der Waals surface area contributed by atoms with Gasteiger partial charge < -0.3 is 0 Å². The summed E-state index contributed by atoms with van der Waals surface area (Å²) in [4.78, 5) is 0. The van der Waals surface area contributed by atoms with E-state index in [0.717, 1.165) is 0 Å². The van der Waals surface area contributed by atoms with Crippen molar-refractivity contribution in [2.75, 3.05) is 0 Å². The van der Waals surface area contributed by atoms with Crippen LogP contribution in [0.3, 0.4) is 0 Å². The number of hydrogen-bond donors (Lipinski definition) is 0. The fourth-order valence-electron chi connectivity index (χ4n) is 11.5. The fourth-order valence-corrected chi connectivity index (χ4v) is 11.5. The van der Waals surface area contributed by atoms with Crippen molar-refractivity contribution in [2.45, 2.75) is 11.1 Å². The van der Waals surface area contributed by atoms with Gasteiger partial charge in [0.25, 0.3) is 0 Å². The van der Waals surface area contributed by atoms with Crippen LogP contribution in [0.15, 0.2) is 176 Å². The highest BCUT2D eigenvalue weighted by Gasteiger charge is 2.72. The number of rotatable bonds is 1. The van der Waals surface area contributed by atoms with Gasteiger partial charge in [-0.3, -0.25) is 0 Å². The highest BCUT2D eigenvalue weighted by molar-refractivity contribution is 6.16. The van der Waals surface area contributed by atoms with Crippen molar-refractivity contribution >= 4 is 38.4 Å². The normalized spacial score (nSPS) is 17.3. The van der Waals surface area contributed by atoms with E-state index in [0.29, 0.717) is 0 Å². The van der Waals surface area contributed by atoms with Gasteiger partial charge in [-0.25, -0.2) is 0 Å². The zero-order valence-corrected chi connectivity index (χ0v) is 28.6. The Morgan fingerprint density at radius 2 is 1.11 bits per heavy atom. The topological polar surface area (TPSA) is 12.2 Å². The van der Waals surface area contributed by atoms with Crippen molar-refractivity contribution in [2.24, 2.45) is 0 Å². The van der Waals surface area contributed by atoms with E-state index >= 15 is 0 Å². The molecule has 10 aromatic rings. The van der Waals surface area contributed by atoms with Gasteiger partial charge in [0.05, 0.1) is 27.5 Å². The molecule has 0 bridgehead atoms. The molecule has 5 heterocycles. The quantitative estimate of drug-likeness (QED) is 0.122. The average Bonchev–Trinajstić information content (AvgIpc) is 3.93. The molecule has 1 unspecified atom stereocenters. The van der Waals surface area contributed by atoms with Crippen LogP contribution in [0.25, 0.3) is 71.9 Å². The lowest BCUT2D eigenvalue weighted by Gasteiger charge is -2.42. The van der Waals surface area contributed by atoms with Gasteiger partial charge in [0, 0.05) is 22.9 Å². The first kappa shape index (κ1) is 26.9. The third-order valence-electron chi connectivity index (χ3n) is 13.2. The Labute approximate surface area is 304 Å². The van der Waals surface area contributed by atoms with Crippen molar-refractivity contribution < 1.29 is 9.13 Å². The van der Waals surface area contributed by atoms with Crippen molar-refractivity contribution in [3.63, 3.8) is 0 Å². The van der Waals surface area contributed by atoms with E-state index in [1.165, 1.54) is 105 Å². The number of pyridine rings is 2. The first-order chi connectivity index (χ1) is 26.3. The number of benzene rings is 7. The number of hydrogen-bond acceptors (Lipinski definition) is 0. The lowest BCUT2D eigenvalue weighted by molar-refractivity contribution is -0.940. The van der Waals surface area contributed by atoms with Gasteiger partial charge in [0.2, 0.25) is 5.69 Å². The maximum atomic E-state index is 2.72. The molecule has 14 rings (SSSR count). The predicted molar refractivity (Wildman–Crippen MR) is 210 cm³/mol. The van der Waals surface area contributed by atoms with Crippen LogP contribution in [-0.2, 0) is 11.1 Å². The molecule has 2 aliphatic carbocycles. The van der Waals surface area contributed by atoms with Crippen molar-refractivity contribution in [1.29, 1.82) is 0 Å². The standard InChI is InChI=1S/C50H29N3/c1-2-13-30(14-3-1)31-27-28-51-44(29-31)36-18-12-21-39-46(36)50(51)47-40(49(39)37-19-7-4-15-32(37)33-16-5-8-20-38(33)49)26-25-35-34-17-6-9-22-41(34)52-42-23-10-11-24-43(42)53(50)48(52)45(35)47/h1-29H/q+2. The minimum absolute atomic E-state index is 0.487. The van der Waals surface area contributed by atoms with E-state index in [9.17, 15) is 0 Å². The Morgan fingerprint density at radius 1 is 0.453 bits per heavy atom. The molecule has 53 heavy (non-hydrogen) atoms. The van der Waals surface area contributed by atoms with Gasteiger partial charge in [-0.1, -0.05) is 133 Å². The van der Waals surface area contributed by atoms with Gasteiger partial charge in [-0.15, -0.1) is 9.13 Å². The molecule has 2 spiro atoms. The number of nitrogens with zero attached hydrogens (tertiary/aromatic N) is 3. The minimum atomic E-state index is -0.642. The highest BCUT2D eigenvalue weighted by Crippen LogP contribution is 2.65. The van der Waals surface area contributed by atoms with Crippen molar-refractivity contribution in [3.8, 4) is 33.5 Å². The second kappa shape index (κ2) is 8.78. The molecule has 4 aliphatic rings. The van der Waals surface area contributed by atoms with Gasteiger partial charge in [-0.05, 0) is 68.8 Å². The molecule has 0 saturated heterocycles. The molecule has 0 amide bonds. The summed E-state index contributed by atoms with van der Waals surface area (Å²) in [5.74, 6) is 0. The monoisotopic (exact) mass is 671 g/mol. The zero-order valence-electron chi connectivity index (χ0n) is 28.6. The average molecular weight is 672 g/mol. The van der Waals surface area contributed by atoms with Gasteiger partial charge in [0.1, 0.15) is 5.52 Å². The maximum absolute atomic E-state index is 2.72. The van der Waals surface area contributed by atoms with Crippen LogP contribution in [0, 0.1) is 0 Å². The molecular weight excluding hydrogens is 643 g/mol. The molecule has 0 fully saturated rings. The van der Waals surface area contributed by atoms with Crippen LogP contribution in [0.2, 0.25) is 0 Å². The van der Waals surface area contributed by atoms with Gasteiger partial charge in [-0.2, -0.15) is 4.40 Å². The van der Waals surface area contributed by atoms with Crippen molar-refractivity contribution in [1.82, 2.24) is 4.40 Å². The van der Waals surface area contributed by atoms with Crippen LogP contribution in [0.1, 0.15) is 33.4 Å². The van der Waals surface area contributed by atoms with E-state index in [-0.39, 0.29) is 0 Å². The molecule has 0 N–H and O–H groups in total. The predicted octanol–water partition coefficient (Wildman–Crippen LogP) is 9.91. The Morgan fingerprint density at radius 3 is 1.94 bits per heavy atom. The van der Waals surface area contributed by atoms with E-state index in [1.54, 1.807) is 0 Å². The van der Waals surface area contributed by atoms with Crippen LogP contribution in [0.5, 0.6) is 0 Å². The summed E-state index contributed by atoms with van der Waals surface area (Å²) in [5.41, 5.74) is 19.8. The van der Waals surface area contributed by atoms with Crippen LogP contribution in [-0.4, -0.2) is 4.40 Å². The molecule has 3 aromatic heterocycles. The van der Waals surface area contributed by atoms with Gasteiger partial charge in [0.15, 0.2) is 17.2 Å². The summed E-state index contributed by atoms with van der Waals surface area (Å²) in [6, 6.07) is 64.1. The minimum Gasteiger partial charge on any atom is -0.187 e. The first-order valence-electron chi connectivity index (χ1n) is 18.6. The lowest BCUT2D eigenvalue weighted by atomic mass is 9.58. The number of para-hydroxylation sites is 3. The van der Waals surface area contributed by atoms with E-state index < -0.39 is 11.1 Å². The summed E-state index contributed by atoms with van der Waals surface area (Å²) in [6.07, 6.45) is 2.38. The Bertz CT molecular complexity index is 3310. The molecule has 7 aromatic carbocycles. The van der Waals surface area contributed by atoms with Gasteiger partial charge >= 0.3 is 11.3 Å². The third-order valence-corrected chi connectivity index (χ3v) is 13.2. The molecule has 3 heteroatoms. The second-order valence-corrected chi connectivity index (χ2v) is 15.2. The Kier molecular flexibility index (Phi) is 4.46. The molecule has 1 atom stereocenters. The fraction of sp³-hybridized carbons (Fsp3) is 0.0400. The summed E-state index contributed by atoms with van der Waals surface area (Å²) in [5, 5.41) is 3.95. The molecule has 3 nitrogen and oxygen atoms in total. The number of aromatic nitrogens is 3. The summed E-state index contributed by atoms with van der Waals surface area (Å²) >= 11 is 0. The van der Waals surface area contributed by atoms with E-state index in [4.69, 9.17) is 0 Å². The van der Waals surface area contributed by atoms with Crippen molar-refractivity contribution in [3.05, 3.63) is 209 Å². The Balaban J connectivity index is 1.29. The maximum Gasteiger partial charge on any atom is 0.365 e. The van der Waals surface area contributed by atoms with E-state index in [1.807, 2.05) is 0 Å². The zero-order chi connectivity index (χ0) is 34.2. The molecule has 2 aliphatic heterocycles. The molecule has 0 saturated carbocycles. The molecular formula is C50H29N3+2. The third kappa shape index (κ3) is 2.68. The summed E-state index contributed by atoms with van der Waals surface area (Å²) in [6.45, 7) is 0. The first-order valence-corrected chi connectivity index (χ1v) is 18.6. The highest BCUT2D eigenvalue weighted by atomic mass is 15.3. The second-order valence-electron chi connectivity index (χ2n) is 15.2. The number of imidazole rings is 1. The SMILES string of the molecule is c1ccc(-c2cc[n+]3c(c2)-c2cccc4c2C32c3c(ccc5c6ccccc6n6c7ccccc7[n+]2c6c35)C42c3ccccc3-c3ccccc32)cc1. The van der Waals surface area contributed by atoms with Crippen LogP contribution < -0.4 is 9.13 Å². The van der Waals surface area contributed by atoms with Crippen LogP contribution in [0.4, 0.5) is 0 Å². The summed E-state index contributed by atoms with van der Waals surface area (Å²) in [7, 11) is 0. The smallest absolute Gasteiger partial charge is 0.187 e. The largest absolute Gasteiger partial charge is 0.365 e. The Hall–Kier alpha value is -6.84. The molecule has 0 radical (unpaired) electrons. The van der Waals surface area contributed by atoms with E-state index in [2.05, 4.69) is 190 Å². The lowest BCUT2D eigenvalue weighted by Crippen LogP contribution is -2.73. The molecule has 242 valence electrons. The summed E-state index contributed by atoms with van der Waals surface area (Å²) < 4.78 is 7.90. The van der Waals surface area contributed by atoms with Crippen LogP contribution >= 0.6 is 0 Å².